The average Bonchev–Trinajstić information content (AvgIpc) is 1.82. The van der Waals surface area contributed by atoms with Gasteiger partial charge in [0.05, 0.1) is 0 Å². The zero-order valence-corrected chi connectivity index (χ0v) is 8.05. The fraction of sp³-hybridized carbons (Fsp3) is 0.889. The van der Waals surface area contributed by atoms with Gasteiger partial charge in [0.15, 0.2) is 5.78 Å². The van der Waals surface area contributed by atoms with Gasteiger partial charge in [0.25, 0.3) is 0 Å². The van der Waals surface area contributed by atoms with Crippen LogP contribution in [0.1, 0.15) is 33.6 Å². The molecular weight excluding hydrogens is 152 g/mol. The van der Waals surface area contributed by atoms with Gasteiger partial charge in [0.2, 0.25) is 0 Å². The highest BCUT2D eigenvalue weighted by Gasteiger charge is 2.44. The van der Waals surface area contributed by atoms with Crippen LogP contribution in [0.2, 0.25) is 0 Å². The van der Waals surface area contributed by atoms with Crippen molar-refractivity contribution in [1.82, 2.24) is 0 Å². The molecule has 0 bridgehead atoms. The molecule has 3 heteroatoms. The second-order valence-corrected chi connectivity index (χ2v) is 4.80. The van der Waals surface area contributed by atoms with Crippen LogP contribution < -0.4 is 11.5 Å². The number of rotatable bonds is 0. The maximum absolute atomic E-state index is 11.5. The van der Waals surface area contributed by atoms with Crippen LogP contribution in [0.5, 0.6) is 0 Å². The molecule has 1 saturated carbocycles. The molecule has 12 heavy (non-hydrogen) atoms. The first-order chi connectivity index (χ1) is 5.26. The Bertz CT molecular complexity index is 209. The Labute approximate surface area is 73.5 Å². The Balaban J connectivity index is 2.85. The summed E-state index contributed by atoms with van der Waals surface area (Å²) in [6, 6.07) is 0. The van der Waals surface area contributed by atoms with Crippen LogP contribution >= 0.6 is 0 Å². The molecule has 0 amide bonds. The molecule has 70 valence electrons. The van der Waals surface area contributed by atoms with Gasteiger partial charge in [-0.2, -0.15) is 0 Å². The Morgan fingerprint density at radius 3 is 2.33 bits per heavy atom. The summed E-state index contributed by atoms with van der Waals surface area (Å²) in [7, 11) is 0. The third kappa shape index (κ3) is 1.52. The smallest absolute Gasteiger partial charge is 0.167 e. The van der Waals surface area contributed by atoms with Gasteiger partial charge in [0.1, 0.15) is 5.66 Å². The van der Waals surface area contributed by atoms with Gasteiger partial charge in [0, 0.05) is 6.42 Å². The lowest BCUT2D eigenvalue weighted by Crippen LogP contribution is -2.64. The summed E-state index contributed by atoms with van der Waals surface area (Å²) in [4.78, 5) is 11.5. The molecule has 1 fully saturated rings. The van der Waals surface area contributed by atoms with E-state index in [1.807, 2.05) is 6.92 Å². The predicted molar refractivity (Wildman–Crippen MR) is 48.3 cm³/mol. The van der Waals surface area contributed by atoms with E-state index >= 15 is 0 Å². The molecule has 0 aromatic heterocycles. The van der Waals surface area contributed by atoms with Crippen LogP contribution in [0.3, 0.4) is 0 Å². The Morgan fingerprint density at radius 1 is 1.42 bits per heavy atom. The molecule has 0 aromatic carbocycles. The molecule has 1 unspecified atom stereocenters. The van der Waals surface area contributed by atoms with Crippen molar-refractivity contribution in [3.8, 4) is 0 Å². The second kappa shape index (κ2) is 2.54. The standard InChI is InChI=1S/C9H18N2O/c1-6-4-8(2,3)5-7(12)9(6,10)11/h6H,4-5,10-11H2,1-3H3. The molecule has 3 nitrogen and oxygen atoms in total. The third-order valence-corrected chi connectivity index (χ3v) is 2.80. The van der Waals surface area contributed by atoms with Gasteiger partial charge in [-0.05, 0) is 17.8 Å². The van der Waals surface area contributed by atoms with E-state index in [0.717, 1.165) is 6.42 Å². The average molecular weight is 170 g/mol. The van der Waals surface area contributed by atoms with E-state index in [4.69, 9.17) is 11.5 Å². The highest BCUT2D eigenvalue weighted by Crippen LogP contribution is 2.38. The molecule has 0 aromatic rings. The van der Waals surface area contributed by atoms with Crippen LogP contribution in [0.15, 0.2) is 0 Å². The van der Waals surface area contributed by atoms with E-state index in [1.165, 1.54) is 0 Å². The number of carbonyl (C=O) groups is 1. The molecule has 1 atom stereocenters. The van der Waals surface area contributed by atoms with Crippen molar-refractivity contribution in [3.63, 3.8) is 0 Å². The lowest BCUT2D eigenvalue weighted by molar-refractivity contribution is -0.132. The van der Waals surface area contributed by atoms with Crippen molar-refractivity contribution in [2.75, 3.05) is 0 Å². The Kier molecular flexibility index (Phi) is 2.05. The van der Waals surface area contributed by atoms with Gasteiger partial charge >= 0.3 is 0 Å². The van der Waals surface area contributed by atoms with Crippen LogP contribution in [-0.4, -0.2) is 11.4 Å². The fourth-order valence-corrected chi connectivity index (χ4v) is 1.93. The van der Waals surface area contributed by atoms with Crippen LogP contribution in [0.4, 0.5) is 0 Å². The molecule has 0 aliphatic heterocycles. The van der Waals surface area contributed by atoms with Gasteiger partial charge in [-0.1, -0.05) is 20.8 Å². The molecule has 1 aliphatic rings. The second-order valence-electron chi connectivity index (χ2n) is 4.80. The first-order valence-corrected chi connectivity index (χ1v) is 4.37. The number of hydrogen-bond donors (Lipinski definition) is 2. The molecule has 0 heterocycles. The van der Waals surface area contributed by atoms with Crippen LogP contribution in [0.25, 0.3) is 0 Å². The van der Waals surface area contributed by atoms with Gasteiger partial charge in [-0.3, -0.25) is 4.79 Å². The normalized spacial score (nSPS) is 33.4. The van der Waals surface area contributed by atoms with Crippen molar-refractivity contribution in [2.45, 2.75) is 39.3 Å². The lowest BCUT2D eigenvalue weighted by atomic mass is 9.67. The first-order valence-electron chi connectivity index (χ1n) is 4.37. The summed E-state index contributed by atoms with van der Waals surface area (Å²) in [5.41, 5.74) is 10.4. The summed E-state index contributed by atoms with van der Waals surface area (Å²) in [5, 5.41) is 0. The molecule has 0 saturated heterocycles. The summed E-state index contributed by atoms with van der Waals surface area (Å²) < 4.78 is 0. The zero-order valence-electron chi connectivity index (χ0n) is 8.05. The molecule has 4 N–H and O–H groups in total. The number of ketones is 1. The molecule has 1 aliphatic carbocycles. The zero-order chi connectivity index (χ0) is 9.57. The maximum Gasteiger partial charge on any atom is 0.167 e. The number of carbonyl (C=O) groups excluding carboxylic acids is 1. The van der Waals surface area contributed by atoms with E-state index in [9.17, 15) is 4.79 Å². The molecular formula is C9H18N2O. The minimum Gasteiger partial charge on any atom is -0.307 e. The third-order valence-electron chi connectivity index (χ3n) is 2.80. The van der Waals surface area contributed by atoms with Gasteiger partial charge in [-0.15, -0.1) is 0 Å². The minimum atomic E-state index is -1.09. The molecule has 1 rings (SSSR count). The van der Waals surface area contributed by atoms with Crippen molar-refractivity contribution in [3.05, 3.63) is 0 Å². The number of nitrogens with two attached hydrogens (primary N) is 2. The first kappa shape index (κ1) is 9.68. The van der Waals surface area contributed by atoms with E-state index < -0.39 is 5.66 Å². The van der Waals surface area contributed by atoms with E-state index in [1.54, 1.807) is 0 Å². The lowest BCUT2D eigenvalue weighted by Gasteiger charge is -2.42. The number of hydrogen-bond acceptors (Lipinski definition) is 3. The topological polar surface area (TPSA) is 69.1 Å². The van der Waals surface area contributed by atoms with Crippen molar-refractivity contribution in [2.24, 2.45) is 22.8 Å². The monoisotopic (exact) mass is 170 g/mol. The molecule has 0 spiro atoms. The van der Waals surface area contributed by atoms with Crippen LogP contribution in [0, 0.1) is 11.3 Å². The fourth-order valence-electron chi connectivity index (χ4n) is 1.93. The summed E-state index contributed by atoms with van der Waals surface area (Å²) in [6.07, 6.45) is 1.43. The van der Waals surface area contributed by atoms with Crippen molar-refractivity contribution >= 4 is 5.78 Å². The summed E-state index contributed by atoms with van der Waals surface area (Å²) in [6.45, 7) is 6.10. The summed E-state index contributed by atoms with van der Waals surface area (Å²) in [5.74, 6) is 0.0694. The predicted octanol–water partition coefficient (Wildman–Crippen LogP) is 0.625. The van der Waals surface area contributed by atoms with Crippen molar-refractivity contribution < 1.29 is 4.79 Å². The highest BCUT2D eigenvalue weighted by atomic mass is 16.1. The van der Waals surface area contributed by atoms with Gasteiger partial charge < -0.3 is 11.5 Å². The number of Topliss-reactive ketones (excluding diaryl/α,β-unsaturated/α-hetero) is 1. The highest BCUT2D eigenvalue weighted by molar-refractivity contribution is 5.89. The van der Waals surface area contributed by atoms with E-state index in [-0.39, 0.29) is 17.1 Å². The Morgan fingerprint density at radius 2 is 1.92 bits per heavy atom. The SMILES string of the molecule is CC1CC(C)(C)CC(=O)C1(N)N. The molecule has 0 radical (unpaired) electrons. The van der Waals surface area contributed by atoms with Gasteiger partial charge in [-0.25, -0.2) is 0 Å². The minimum absolute atomic E-state index is 0.00810. The Hall–Kier alpha value is -0.410. The van der Waals surface area contributed by atoms with E-state index in [2.05, 4.69) is 13.8 Å². The summed E-state index contributed by atoms with van der Waals surface area (Å²) >= 11 is 0. The van der Waals surface area contributed by atoms with Crippen LogP contribution in [-0.2, 0) is 4.79 Å². The maximum atomic E-state index is 11.5. The van der Waals surface area contributed by atoms with E-state index in [0.29, 0.717) is 6.42 Å². The van der Waals surface area contributed by atoms with Crippen molar-refractivity contribution in [1.29, 1.82) is 0 Å². The quantitative estimate of drug-likeness (QED) is 0.524. The largest absolute Gasteiger partial charge is 0.307 e.